The Hall–Kier alpha value is -3.26. The highest BCUT2D eigenvalue weighted by Crippen LogP contribution is 2.39. The zero-order valence-corrected chi connectivity index (χ0v) is 22.4. The van der Waals surface area contributed by atoms with E-state index < -0.39 is 5.60 Å². The van der Waals surface area contributed by atoms with Gasteiger partial charge in [0.1, 0.15) is 23.2 Å². The van der Waals surface area contributed by atoms with Gasteiger partial charge in [0.2, 0.25) is 0 Å². The molecule has 1 saturated heterocycles. The molecule has 2 heterocycles. The lowest BCUT2D eigenvalue weighted by Crippen LogP contribution is -2.51. The zero-order valence-electron chi connectivity index (χ0n) is 22.4. The fourth-order valence-electron chi connectivity index (χ4n) is 5.10. The van der Waals surface area contributed by atoms with Crippen LogP contribution in [0.4, 0.5) is 4.79 Å². The molecule has 1 aromatic heterocycles. The lowest BCUT2D eigenvalue weighted by molar-refractivity contribution is -0.0366. The van der Waals surface area contributed by atoms with E-state index in [0.29, 0.717) is 0 Å². The molecule has 1 atom stereocenters. The van der Waals surface area contributed by atoms with E-state index >= 15 is 0 Å². The summed E-state index contributed by atoms with van der Waals surface area (Å²) in [6.07, 6.45) is 6.03. The Morgan fingerprint density at radius 1 is 1.19 bits per heavy atom. The second-order valence-electron chi connectivity index (χ2n) is 11.3. The van der Waals surface area contributed by atoms with E-state index in [1.165, 1.54) is 0 Å². The van der Waals surface area contributed by atoms with Gasteiger partial charge in [-0.15, -0.1) is 0 Å². The molecule has 0 bridgehead atoms. The number of carbonyl (C=O) groups is 1. The molecule has 8 nitrogen and oxygen atoms in total. The van der Waals surface area contributed by atoms with E-state index in [-0.39, 0.29) is 30.2 Å². The summed E-state index contributed by atoms with van der Waals surface area (Å²) < 4.78 is 20.1. The summed E-state index contributed by atoms with van der Waals surface area (Å²) >= 11 is 0. The van der Waals surface area contributed by atoms with E-state index in [0.717, 1.165) is 72.1 Å². The van der Waals surface area contributed by atoms with Crippen molar-refractivity contribution >= 4 is 17.0 Å². The SMILES string of the molecule is Cc1cc(O)ccc1-c1cc(O[C@H]2C[C@@H](N(C)C(=O)OC(C)(C)C)C2)c2cnn(C3CCCCO3)c2c1. The van der Waals surface area contributed by atoms with Gasteiger partial charge < -0.3 is 24.2 Å². The number of phenolic OH excluding ortho intramolecular Hbond substituents is 1. The predicted octanol–water partition coefficient (Wildman–Crippen LogP) is 6.19. The van der Waals surface area contributed by atoms with Crippen LogP contribution < -0.4 is 4.74 Å². The number of carbonyl (C=O) groups excluding carboxylic acids is 1. The van der Waals surface area contributed by atoms with Crippen LogP contribution in [0.25, 0.3) is 22.0 Å². The fraction of sp³-hybridized carbons (Fsp3) is 0.517. The lowest BCUT2D eigenvalue weighted by Gasteiger charge is -2.41. The Kier molecular flexibility index (Phi) is 6.79. The van der Waals surface area contributed by atoms with Gasteiger partial charge in [-0.05, 0) is 87.9 Å². The van der Waals surface area contributed by atoms with Crippen molar-refractivity contribution in [2.24, 2.45) is 0 Å². The molecule has 37 heavy (non-hydrogen) atoms. The fourth-order valence-corrected chi connectivity index (χ4v) is 5.10. The van der Waals surface area contributed by atoms with Crippen LogP contribution in [0, 0.1) is 6.92 Å². The Labute approximate surface area is 218 Å². The first kappa shape index (κ1) is 25.4. The van der Waals surface area contributed by atoms with Crippen LogP contribution in [-0.2, 0) is 9.47 Å². The van der Waals surface area contributed by atoms with Gasteiger partial charge in [-0.2, -0.15) is 5.10 Å². The van der Waals surface area contributed by atoms with E-state index in [1.54, 1.807) is 24.1 Å². The Bertz CT molecular complexity index is 1280. The van der Waals surface area contributed by atoms with Crippen molar-refractivity contribution in [3.05, 3.63) is 42.1 Å². The van der Waals surface area contributed by atoms with Crippen LogP contribution in [0.15, 0.2) is 36.5 Å². The van der Waals surface area contributed by atoms with Gasteiger partial charge >= 0.3 is 6.09 Å². The van der Waals surface area contributed by atoms with Crippen LogP contribution in [0.3, 0.4) is 0 Å². The van der Waals surface area contributed by atoms with Crippen LogP contribution >= 0.6 is 0 Å². The summed E-state index contributed by atoms with van der Waals surface area (Å²) in [6.45, 7) is 8.35. The third kappa shape index (κ3) is 5.39. The molecule has 1 N–H and O–H groups in total. The van der Waals surface area contributed by atoms with Gasteiger partial charge in [-0.3, -0.25) is 0 Å². The number of aromatic hydroxyl groups is 1. The first-order chi connectivity index (χ1) is 17.6. The van der Waals surface area contributed by atoms with Crippen molar-refractivity contribution in [3.63, 3.8) is 0 Å². The number of aromatic nitrogens is 2. The van der Waals surface area contributed by atoms with Crippen molar-refractivity contribution in [1.29, 1.82) is 0 Å². The molecule has 2 fully saturated rings. The van der Waals surface area contributed by atoms with Gasteiger partial charge in [0.25, 0.3) is 0 Å². The number of nitrogens with zero attached hydrogens (tertiary/aromatic N) is 3. The van der Waals surface area contributed by atoms with Crippen LogP contribution in [0.2, 0.25) is 0 Å². The van der Waals surface area contributed by atoms with E-state index in [2.05, 4.69) is 12.1 Å². The van der Waals surface area contributed by atoms with Crippen molar-refractivity contribution in [2.45, 2.75) is 83.8 Å². The van der Waals surface area contributed by atoms with Crippen molar-refractivity contribution in [2.75, 3.05) is 13.7 Å². The summed E-state index contributed by atoms with van der Waals surface area (Å²) in [5.74, 6) is 1.01. The Morgan fingerprint density at radius 2 is 1.97 bits per heavy atom. The molecule has 0 spiro atoms. The molecular weight excluding hydrogens is 470 g/mol. The number of hydrogen-bond acceptors (Lipinski definition) is 6. The maximum Gasteiger partial charge on any atom is 0.410 e. The summed E-state index contributed by atoms with van der Waals surface area (Å²) in [5, 5.41) is 15.6. The number of phenols is 1. The van der Waals surface area contributed by atoms with E-state index in [1.807, 2.05) is 44.6 Å². The molecule has 1 saturated carbocycles. The maximum absolute atomic E-state index is 12.5. The maximum atomic E-state index is 12.5. The Balaban J connectivity index is 1.42. The summed E-state index contributed by atoms with van der Waals surface area (Å²) in [6, 6.07) is 9.67. The van der Waals surface area contributed by atoms with Gasteiger partial charge in [0, 0.05) is 32.5 Å². The van der Waals surface area contributed by atoms with Crippen molar-refractivity contribution in [1.82, 2.24) is 14.7 Å². The molecule has 1 aliphatic carbocycles. The first-order valence-corrected chi connectivity index (χ1v) is 13.1. The normalized spacial score (nSPS) is 21.9. The molecule has 198 valence electrons. The predicted molar refractivity (Wildman–Crippen MR) is 142 cm³/mol. The number of benzene rings is 2. The molecule has 2 aromatic carbocycles. The topological polar surface area (TPSA) is 86.0 Å². The standard InChI is InChI=1S/C29H37N3O5/c1-18-12-21(33)9-10-23(18)19-13-25-24(17-30-32(25)27-8-6-7-11-35-27)26(14-19)36-22-15-20(16-22)31(5)28(34)37-29(2,3)4/h9-10,12-14,17,20,22,27,33H,6-8,11,15-16H2,1-5H3/t20-,22+,27?. The number of hydrogen-bond donors (Lipinski definition) is 1. The number of rotatable bonds is 5. The number of ether oxygens (including phenoxy) is 3. The van der Waals surface area contributed by atoms with Gasteiger partial charge in [-0.1, -0.05) is 6.07 Å². The smallest absolute Gasteiger partial charge is 0.410 e. The highest BCUT2D eigenvalue weighted by atomic mass is 16.6. The lowest BCUT2D eigenvalue weighted by atomic mass is 9.88. The molecule has 0 radical (unpaired) electrons. The summed E-state index contributed by atoms with van der Waals surface area (Å²) in [5.41, 5.74) is 3.45. The molecule has 2 aliphatic rings. The molecule has 1 unspecified atom stereocenters. The minimum Gasteiger partial charge on any atom is -0.508 e. The highest BCUT2D eigenvalue weighted by Gasteiger charge is 2.37. The van der Waals surface area contributed by atoms with Crippen molar-refractivity contribution in [3.8, 4) is 22.6 Å². The second kappa shape index (κ2) is 9.89. The number of aryl methyl sites for hydroxylation is 1. The van der Waals surface area contributed by atoms with Crippen molar-refractivity contribution < 1.29 is 24.1 Å². The number of fused-ring (bicyclic) bond motifs is 1. The second-order valence-corrected chi connectivity index (χ2v) is 11.3. The van der Waals surface area contributed by atoms with Gasteiger partial charge in [0.15, 0.2) is 6.23 Å². The van der Waals surface area contributed by atoms with E-state index in [9.17, 15) is 9.90 Å². The largest absolute Gasteiger partial charge is 0.508 e. The monoisotopic (exact) mass is 507 g/mol. The first-order valence-electron chi connectivity index (χ1n) is 13.1. The third-order valence-corrected chi connectivity index (χ3v) is 7.22. The molecular formula is C29H37N3O5. The summed E-state index contributed by atoms with van der Waals surface area (Å²) in [7, 11) is 1.79. The average Bonchev–Trinajstić information content (AvgIpc) is 3.24. The molecule has 1 aliphatic heterocycles. The third-order valence-electron chi connectivity index (χ3n) is 7.22. The van der Waals surface area contributed by atoms with E-state index in [4.69, 9.17) is 19.3 Å². The van der Waals surface area contributed by atoms with Crippen LogP contribution in [-0.4, -0.2) is 57.3 Å². The molecule has 8 heteroatoms. The average molecular weight is 508 g/mol. The van der Waals surface area contributed by atoms with Gasteiger partial charge in [-0.25, -0.2) is 9.48 Å². The van der Waals surface area contributed by atoms with Crippen LogP contribution in [0.1, 0.15) is 64.7 Å². The Morgan fingerprint density at radius 3 is 2.65 bits per heavy atom. The summed E-state index contributed by atoms with van der Waals surface area (Å²) in [4.78, 5) is 14.1. The van der Waals surface area contributed by atoms with Gasteiger partial charge in [0.05, 0.1) is 17.1 Å². The number of amides is 1. The minimum atomic E-state index is -0.522. The molecule has 3 aromatic rings. The minimum absolute atomic E-state index is 0.0106. The quantitative estimate of drug-likeness (QED) is 0.443. The zero-order chi connectivity index (χ0) is 26.3. The highest BCUT2D eigenvalue weighted by molar-refractivity contribution is 5.91. The van der Waals surface area contributed by atoms with Crippen LogP contribution in [0.5, 0.6) is 11.5 Å². The molecule has 5 rings (SSSR count). The molecule has 1 amide bonds.